The number of hydrazine groups is 1. The Bertz CT molecular complexity index is 506. The normalized spacial score (nSPS) is 19.7. The van der Waals surface area contributed by atoms with E-state index in [4.69, 9.17) is 5.84 Å². The van der Waals surface area contributed by atoms with Crippen molar-refractivity contribution in [2.24, 2.45) is 5.84 Å². The van der Waals surface area contributed by atoms with Crippen LogP contribution in [0.15, 0.2) is 18.2 Å². The SMILES string of the molecule is CN(C)C1CCCN(Cc2ccc(NN)c([N+](=O)[O-])c2)C1. The number of hydrogen-bond donors (Lipinski definition) is 2. The lowest BCUT2D eigenvalue weighted by atomic mass is 10.0. The number of nitro groups is 1. The highest BCUT2D eigenvalue weighted by atomic mass is 16.6. The highest BCUT2D eigenvalue weighted by Gasteiger charge is 2.22. The van der Waals surface area contributed by atoms with Gasteiger partial charge in [0, 0.05) is 25.2 Å². The molecule has 1 aromatic carbocycles. The third-order valence-electron chi connectivity index (χ3n) is 4.03. The van der Waals surface area contributed by atoms with E-state index in [1.807, 2.05) is 6.07 Å². The fourth-order valence-corrected chi connectivity index (χ4v) is 2.80. The van der Waals surface area contributed by atoms with Crippen molar-refractivity contribution in [3.8, 4) is 0 Å². The van der Waals surface area contributed by atoms with E-state index in [9.17, 15) is 10.1 Å². The molecule has 3 N–H and O–H groups in total. The summed E-state index contributed by atoms with van der Waals surface area (Å²) in [6, 6.07) is 5.72. The van der Waals surface area contributed by atoms with Gasteiger partial charge < -0.3 is 10.3 Å². The smallest absolute Gasteiger partial charge is 0.293 e. The molecular weight excluding hydrogens is 270 g/mol. The third kappa shape index (κ3) is 3.90. The average molecular weight is 293 g/mol. The van der Waals surface area contributed by atoms with Gasteiger partial charge in [0.2, 0.25) is 0 Å². The van der Waals surface area contributed by atoms with Gasteiger partial charge in [-0.15, -0.1) is 0 Å². The second-order valence-corrected chi connectivity index (χ2v) is 5.75. The third-order valence-corrected chi connectivity index (χ3v) is 4.03. The first-order valence-corrected chi connectivity index (χ1v) is 7.14. The quantitative estimate of drug-likeness (QED) is 0.485. The number of anilines is 1. The van der Waals surface area contributed by atoms with E-state index in [0.29, 0.717) is 11.7 Å². The summed E-state index contributed by atoms with van der Waals surface area (Å²) in [5, 5.41) is 11.1. The number of rotatable bonds is 5. The molecule has 0 radical (unpaired) electrons. The van der Waals surface area contributed by atoms with Crippen molar-refractivity contribution in [1.29, 1.82) is 0 Å². The molecule has 2 rings (SSSR count). The molecule has 0 spiro atoms. The van der Waals surface area contributed by atoms with E-state index in [1.165, 1.54) is 6.42 Å². The van der Waals surface area contributed by atoms with Gasteiger partial charge in [-0.1, -0.05) is 6.07 Å². The molecule has 1 fully saturated rings. The van der Waals surface area contributed by atoms with E-state index in [0.717, 1.165) is 31.6 Å². The van der Waals surface area contributed by atoms with Crippen molar-refractivity contribution >= 4 is 11.4 Å². The maximum Gasteiger partial charge on any atom is 0.293 e. The Kier molecular flexibility index (Phi) is 5.11. The van der Waals surface area contributed by atoms with Crippen LogP contribution in [0.2, 0.25) is 0 Å². The number of nitro benzene ring substituents is 1. The number of benzene rings is 1. The van der Waals surface area contributed by atoms with Crippen molar-refractivity contribution in [3.63, 3.8) is 0 Å². The molecule has 1 saturated heterocycles. The number of nitrogens with one attached hydrogen (secondary N) is 1. The maximum absolute atomic E-state index is 11.1. The fourth-order valence-electron chi connectivity index (χ4n) is 2.80. The van der Waals surface area contributed by atoms with Crippen molar-refractivity contribution < 1.29 is 4.92 Å². The zero-order valence-electron chi connectivity index (χ0n) is 12.6. The fraction of sp³-hybridized carbons (Fsp3) is 0.571. The van der Waals surface area contributed by atoms with Crippen molar-refractivity contribution in [1.82, 2.24) is 9.80 Å². The van der Waals surface area contributed by atoms with Gasteiger partial charge >= 0.3 is 0 Å². The first-order valence-electron chi connectivity index (χ1n) is 7.14. The zero-order chi connectivity index (χ0) is 15.4. The summed E-state index contributed by atoms with van der Waals surface area (Å²) in [5.74, 6) is 5.30. The molecule has 0 bridgehead atoms. The van der Waals surface area contributed by atoms with E-state index in [-0.39, 0.29) is 5.69 Å². The van der Waals surface area contributed by atoms with Crippen LogP contribution in [-0.4, -0.2) is 47.9 Å². The number of nitrogens with two attached hydrogens (primary N) is 1. The van der Waals surface area contributed by atoms with Crippen molar-refractivity contribution in [2.45, 2.75) is 25.4 Å². The molecule has 0 amide bonds. The van der Waals surface area contributed by atoms with Gasteiger partial charge in [-0.3, -0.25) is 20.9 Å². The van der Waals surface area contributed by atoms with Crippen molar-refractivity contribution in [3.05, 3.63) is 33.9 Å². The standard InChI is InChI=1S/C14H23N5O2/c1-17(2)12-4-3-7-18(10-12)9-11-5-6-13(16-15)14(8-11)19(20)21/h5-6,8,12,16H,3-4,7,9-10,15H2,1-2H3. The van der Waals surface area contributed by atoms with Gasteiger partial charge in [0.15, 0.2) is 0 Å². The van der Waals surface area contributed by atoms with Gasteiger partial charge in [0.1, 0.15) is 5.69 Å². The van der Waals surface area contributed by atoms with E-state index in [2.05, 4.69) is 29.3 Å². The van der Waals surface area contributed by atoms with E-state index in [1.54, 1.807) is 12.1 Å². The lowest BCUT2D eigenvalue weighted by Gasteiger charge is -2.36. The minimum atomic E-state index is -0.405. The Hall–Kier alpha value is -1.70. The Morgan fingerprint density at radius 1 is 1.52 bits per heavy atom. The predicted octanol–water partition coefficient (Wildman–Crippen LogP) is 1.41. The maximum atomic E-state index is 11.1. The number of hydrogen-bond acceptors (Lipinski definition) is 6. The molecule has 7 nitrogen and oxygen atoms in total. The van der Waals surface area contributed by atoms with Crippen LogP contribution in [0.1, 0.15) is 18.4 Å². The van der Waals surface area contributed by atoms with Crippen molar-refractivity contribution in [2.75, 3.05) is 32.6 Å². The van der Waals surface area contributed by atoms with Crippen LogP contribution in [0.25, 0.3) is 0 Å². The van der Waals surface area contributed by atoms with Crippen LogP contribution in [0.4, 0.5) is 11.4 Å². The van der Waals surface area contributed by atoms with Crippen LogP contribution < -0.4 is 11.3 Å². The van der Waals surface area contributed by atoms with Gasteiger partial charge in [-0.05, 0) is 45.1 Å². The highest BCUT2D eigenvalue weighted by molar-refractivity contribution is 5.61. The first-order chi connectivity index (χ1) is 10.0. The number of piperidine rings is 1. The molecular formula is C14H23N5O2. The summed E-state index contributed by atoms with van der Waals surface area (Å²) in [6.45, 7) is 2.77. The van der Waals surface area contributed by atoms with Gasteiger partial charge in [-0.2, -0.15) is 0 Å². The minimum Gasteiger partial charge on any atom is -0.318 e. The van der Waals surface area contributed by atoms with Gasteiger partial charge in [0.05, 0.1) is 4.92 Å². The Morgan fingerprint density at radius 2 is 2.29 bits per heavy atom. The predicted molar refractivity (Wildman–Crippen MR) is 82.9 cm³/mol. The minimum absolute atomic E-state index is 0.0242. The zero-order valence-corrected chi connectivity index (χ0v) is 12.6. The monoisotopic (exact) mass is 293 g/mol. The van der Waals surface area contributed by atoms with E-state index >= 15 is 0 Å². The summed E-state index contributed by atoms with van der Waals surface area (Å²) < 4.78 is 0. The summed E-state index contributed by atoms with van der Waals surface area (Å²) in [6.07, 6.45) is 2.37. The van der Waals surface area contributed by atoms with Gasteiger partial charge in [-0.25, -0.2) is 0 Å². The second kappa shape index (κ2) is 6.84. The highest BCUT2D eigenvalue weighted by Crippen LogP contribution is 2.26. The number of likely N-dealkylation sites (tertiary alicyclic amines) is 1. The Balaban J connectivity index is 2.09. The molecule has 1 aromatic rings. The Labute approximate surface area is 124 Å². The molecule has 0 aromatic heterocycles. The summed E-state index contributed by atoms with van der Waals surface area (Å²) >= 11 is 0. The molecule has 1 heterocycles. The molecule has 1 aliphatic heterocycles. The number of nitrogen functional groups attached to an aromatic ring is 1. The Morgan fingerprint density at radius 3 is 2.90 bits per heavy atom. The second-order valence-electron chi connectivity index (χ2n) is 5.75. The summed E-state index contributed by atoms with van der Waals surface area (Å²) in [5.41, 5.74) is 3.68. The number of nitrogens with zero attached hydrogens (tertiary/aromatic N) is 3. The topological polar surface area (TPSA) is 87.7 Å². The number of likely N-dealkylation sites (N-methyl/N-ethyl adjacent to an activating group) is 1. The lowest BCUT2D eigenvalue weighted by Crippen LogP contribution is -2.44. The first kappa shape index (κ1) is 15.7. The van der Waals surface area contributed by atoms with Crippen LogP contribution in [-0.2, 0) is 6.54 Å². The van der Waals surface area contributed by atoms with Crippen LogP contribution in [0, 0.1) is 10.1 Å². The molecule has 1 unspecified atom stereocenters. The van der Waals surface area contributed by atoms with Gasteiger partial charge in [0.25, 0.3) is 5.69 Å². The largest absolute Gasteiger partial charge is 0.318 e. The summed E-state index contributed by atoms with van der Waals surface area (Å²) in [4.78, 5) is 15.2. The molecule has 21 heavy (non-hydrogen) atoms. The molecule has 1 aliphatic rings. The van der Waals surface area contributed by atoms with E-state index < -0.39 is 4.92 Å². The molecule has 116 valence electrons. The molecule has 1 atom stereocenters. The molecule has 7 heteroatoms. The lowest BCUT2D eigenvalue weighted by molar-refractivity contribution is -0.384. The average Bonchev–Trinajstić information content (AvgIpc) is 2.47. The summed E-state index contributed by atoms with van der Waals surface area (Å²) in [7, 11) is 4.20. The molecule has 0 aliphatic carbocycles. The van der Waals surface area contributed by atoms with Crippen LogP contribution in [0.3, 0.4) is 0 Å². The molecule has 0 saturated carbocycles. The van der Waals surface area contributed by atoms with Crippen LogP contribution in [0.5, 0.6) is 0 Å². The van der Waals surface area contributed by atoms with Crippen LogP contribution >= 0.6 is 0 Å².